The Morgan fingerprint density at radius 1 is 1.33 bits per heavy atom. The van der Waals surface area contributed by atoms with Crippen LogP contribution in [0.4, 0.5) is 0 Å². The van der Waals surface area contributed by atoms with E-state index >= 15 is 0 Å². The zero-order valence-electron chi connectivity index (χ0n) is 9.34. The molecule has 90 valence electrons. The Morgan fingerprint density at radius 2 is 2.17 bits per heavy atom. The topological polar surface area (TPSA) is 34.9 Å². The molecule has 5 heteroatoms. The normalized spacial score (nSPS) is 10.9. The highest BCUT2D eigenvalue weighted by Gasteiger charge is 2.05. The molecule has 0 fully saturated rings. The Balaban J connectivity index is 2.07. The smallest absolute Gasteiger partial charge is 0.293 e. The van der Waals surface area contributed by atoms with Gasteiger partial charge in [-0.25, -0.2) is 9.78 Å². The molecule has 0 saturated carbocycles. The molecule has 3 nitrogen and oxygen atoms in total. The number of hydrogen-bond donors (Lipinski definition) is 0. The number of aromatic nitrogens is 2. The number of halogens is 1. The largest absolute Gasteiger partial charge is 0.347 e. The molecular weight excluding hydrogens is 268 g/mol. The first kappa shape index (κ1) is 11.4. The number of nitrogens with zero attached hydrogens (tertiary/aromatic N) is 2. The van der Waals surface area contributed by atoms with Crippen LogP contribution in [0.25, 0.3) is 10.1 Å². The average Bonchev–Trinajstić information content (AvgIpc) is 2.78. The molecule has 0 aliphatic rings. The van der Waals surface area contributed by atoms with E-state index < -0.39 is 0 Å². The van der Waals surface area contributed by atoms with E-state index in [1.165, 1.54) is 20.9 Å². The maximum Gasteiger partial charge on any atom is 0.347 e. The van der Waals surface area contributed by atoms with Gasteiger partial charge in [0.2, 0.25) is 0 Å². The van der Waals surface area contributed by atoms with E-state index in [2.05, 4.69) is 22.5 Å². The summed E-state index contributed by atoms with van der Waals surface area (Å²) in [5, 5.41) is 3.71. The van der Waals surface area contributed by atoms with Crippen LogP contribution in [-0.2, 0) is 6.54 Å². The molecule has 0 aliphatic carbocycles. The van der Waals surface area contributed by atoms with Crippen LogP contribution in [-0.4, -0.2) is 9.55 Å². The monoisotopic (exact) mass is 276 g/mol. The van der Waals surface area contributed by atoms with Gasteiger partial charge in [-0.05, 0) is 22.4 Å². The predicted molar refractivity (Wildman–Crippen MR) is 74.4 cm³/mol. The van der Waals surface area contributed by atoms with Crippen LogP contribution >= 0.6 is 22.9 Å². The molecule has 0 unspecified atom stereocenters. The minimum Gasteiger partial charge on any atom is -0.293 e. The van der Waals surface area contributed by atoms with Crippen LogP contribution in [0.3, 0.4) is 0 Å². The Bertz CT molecular complexity index is 763. The van der Waals surface area contributed by atoms with Crippen molar-refractivity contribution < 1.29 is 0 Å². The van der Waals surface area contributed by atoms with Crippen molar-refractivity contribution in [1.29, 1.82) is 0 Å². The minimum atomic E-state index is -0.283. The number of benzene rings is 1. The summed E-state index contributed by atoms with van der Waals surface area (Å²) in [7, 11) is 0. The Hall–Kier alpha value is -1.65. The number of fused-ring (bicyclic) bond motifs is 1. The summed E-state index contributed by atoms with van der Waals surface area (Å²) >= 11 is 7.53. The van der Waals surface area contributed by atoms with Gasteiger partial charge in [-0.3, -0.25) is 4.57 Å². The van der Waals surface area contributed by atoms with E-state index in [4.69, 9.17) is 11.6 Å². The highest BCUT2D eigenvalue weighted by Crippen LogP contribution is 2.25. The van der Waals surface area contributed by atoms with Crippen molar-refractivity contribution in [2.45, 2.75) is 6.54 Å². The van der Waals surface area contributed by atoms with E-state index in [9.17, 15) is 4.79 Å². The summed E-state index contributed by atoms with van der Waals surface area (Å²) in [6.45, 7) is 0.496. The van der Waals surface area contributed by atoms with Gasteiger partial charge < -0.3 is 0 Å². The summed E-state index contributed by atoms with van der Waals surface area (Å²) in [6.07, 6.45) is 2.98. The van der Waals surface area contributed by atoms with Crippen LogP contribution < -0.4 is 5.69 Å². The molecule has 0 N–H and O–H groups in total. The fraction of sp³-hybridized carbons (Fsp3) is 0.0769. The van der Waals surface area contributed by atoms with Crippen LogP contribution in [0, 0.1) is 0 Å². The highest BCUT2D eigenvalue weighted by atomic mass is 35.5. The van der Waals surface area contributed by atoms with Crippen molar-refractivity contribution in [3.63, 3.8) is 0 Å². The summed E-state index contributed by atoms with van der Waals surface area (Å²) in [5.41, 5.74) is 0.830. The molecule has 18 heavy (non-hydrogen) atoms. The summed E-state index contributed by atoms with van der Waals surface area (Å²) < 4.78 is 2.74. The summed E-state index contributed by atoms with van der Waals surface area (Å²) in [5.74, 6) is 0. The lowest BCUT2D eigenvalue weighted by atomic mass is 10.2. The lowest BCUT2D eigenvalue weighted by molar-refractivity contribution is 0.732. The molecule has 3 rings (SSSR count). The third kappa shape index (κ3) is 2.05. The average molecular weight is 277 g/mol. The molecule has 3 aromatic rings. The SMILES string of the molecule is O=c1ncc(Cl)cn1Cc1csc2ccccc12. The van der Waals surface area contributed by atoms with Crippen molar-refractivity contribution in [3.05, 3.63) is 63.1 Å². The second kappa shape index (κ2) is 4.55. The van der Waals surface area contributed by atoms with Gasteiger partial charge in [0.25, 0.3) is 0 Å². The molecule has 1 aromatic carbocycles. The van der Waals surface area contributed by atoms with Gasteiger partial charge in [-0.1, -0.05) is 29.8 Å². The number of thiophene rings is 1. The standard InChI is InChI=1S/C13H9ClN2OS/c14-10-5-15-13(17)16(7-10)6-9-8-18-12-4-2-1-3-11(9)12/h1-5,7-8H,6H2. The Labute approximate surface area is 112 Å². The number of hydrogen-bond acceptors (Lipinski definition) is 3. The van der Waals surface area contributed by atoms with Gasteiger partial charge in [-0.2, -0.15) is 0 Å². The van der Waals surface area contributed by atoms with Crippen molar-refractivity contribution in [2.24, 2.45) is 0 Å². The van der Waals surface area contributed by atoms with Crippen LogP contribution in [0.1, 0.15) is 5.56 Å². The van der Waals surface area contributed by atoms with Crippen LogP contribution in [0.5, 0.6) is 0 Å². The Morgan fingerprint density at radius 3 is 3.06 bits per heavy atom. The zero-order valence-corrected chi connectivity index (χ0v) is 10.9. The van der Waals surface area contributed by atoms with Gasteiger partial charge in [0.05, 0.1) is 17.8 Å². The quantitative estimate of drug-likeness (QED) is 0.721. The summed E-state index contributed by atoms with van der Waals surface area (Å²) in [6, 6.07) is 8.14. The predicted octanol–water partition coefficient (Wildman–Crippen LogP) is 3.16. The fourth-order valence-corrected chi connectivity index (χ4v) is 3.00. The maximum absolute atomic E-state index is 11.6. The maximum atomic E-state index is 11.6. The third-order valence-corrected chi connectivity index (χ3v) is 3.93. The van der Waals surface area contributed by atoms with Crippen molar-refractivity contribution in [2.75, 3.05) is 0 Å². The van der Waals surface area contributed by atoms with Crippen molar-refractivity contribution >= 4 is 33.0 Å². The van der Waals surface area contributed by atoms with Gasteiger partial charge >= 0.3 is 5.69 Å². The molecule has 0 aliphatic heterocycles. The fourth-order valence-electron chi connectivity index (χ4n) is 1.88. The highest BCUT2D eigenvalue weighted by molar-refractivity contribution is 7.17. The second-order valence-corrected chi connectivity index (χ2v) is 5.29. The van der Waals surface area contributed by atoms with E-state index in [1.54, 1.807) is 17.5 Å². The number of rotatable bonds is 2. The van der Waals surface area contributed by atoms with E-state index in [-0.39, 0.29) is 5.69 Å². The third-order valence-electron chi connectivity index (χ3n) is 2.73. The van der Waals surface area contributed by atoms with Gasteiger partial charge in [0, 0.05) is 10.9 Å². The molecule has 0 atom stereocenters. The van der Waals surface area contributed by atoms with Gasteiger partial charge in [0.1, 0.15) is 0 Å². The van der Waals surface area contributed by atoms with Gasteiger partial charge in [0.15, 0.2) is 0 Å². The first-order valence-electron chi connectivity index (χ1n) is 5.41. The zero-order chi connectivity index (χ0) is 12.5. The molecule has 0 radical (unpaired) electrons. The van der Waals surface area contributed by atoms with E-state index in [0.717, 1.165) is 5.56 Å². The molecule has 2 aromatic heterocycles. The summed E-state index contributed by atoms with van der Waals surface area (Å²) in [4.78, 5) is 15.3. The molecule has 0 spiro atoms. The van der Waals surface area contributed by atoms with Gasteiger partial charge in [-0.15, -0.1) is 11.3 Å². The molecule has 2 heterocycles. The molecule has 0 bridgehead atoms. The van der Waals surface area contributed by atoms with Crippen LogP contribution in [0.2, 0.25) is 5.02 Å². The lowest BCUT2D eigenvalue weighted by Crippen LogP contribution is -2.22. The van der Waals surface area contributed by atoms with Crippen molar-refractivity contribution in [3.8, 4) is 0 Å². The van der Waals surface area contributed by atoms with Crippen molar-refractivity contribution in [1.82, 2.24) is 9.55 Å². The second-order valence-electron chi connectivity index (χ2n) is 3.94. The van der Waals surface area contributed by atoms with E-state index in [1.807, 2.05) is 12.1 Å². The Kier molecular flexibility index (Phi) is 2.89. The molecule has 0 saturated heterocycles. The van der Waals surface area contributed by atoms with Crippen LogP contribution in [0.15, 0.2) is 46.8 Å². The molecule has 0 amide bonds. The lowest BCUT2D eigenvalue weighted by Gasteiger charge is -2.04. The first-order valence-corrected chi connectivity index (χ1v) is 6.67. The van der Waals surface area contributed by atoms with E-state index in [0.29, 0.717) is 11.6 Å². The first-order chi connectivity index (χ1) is 8.74. The minimum absolute atomic E-state index is 0.283. The molecular formula is C13H9ClN2OS.